The Morgan fingerprint density at radius 1 is 1.50 bits per heavy atom. The Hall–Kier alpha value is -1.69. The zero-order chi connectivity index (χ0) is 14.9. The van der Waals surface area contributed by atoms with Crippen molar-refractivity contribution >= 4 is 11.4 Å². The summed E-state index contributed by atoms with van der Waals surface area (Å²) in [6.45, 7) is 5.64. The number of rotatable bonds is 3. The fraction of sp³-hybridized carbons (Fsp3) is 0.571. The van der Waals surface area contributed by atoms with Crippen LogP contribution in [0.5, 0.6) is 0 Å². The summed E-state index contributed by atoms with van der Waals surface area (Å²) in [6.07, 6.45) is 0.922. The maximum absolute atomic E-state index is 13.5. The molecule has 0 aliphatic carbocycles. The molecule has 0 aromatic heterocycles. The molecule has 2 unspecified atom stereocenters. The van der Waals surface area contributed by atoms with Gasteiger partial charge in [-0.2, -0.15) is 0 Å². The van der Waals surface area contributed by atoms with Gasteiger partial charge in [-0.3, -0.25) is 10.1 Å². The third-order valence-electron chi connectivity index (χ3n) is 3.92. The molecule has 20 heavy (non-hydrogen) atoms. The molecule has 1 heterocycles. The molecule has 0 saturated carbocycles. The van der Waals surface area contributed by atoms with Gasteiger partial charge in [0.25, 0.3) is 5.69 Å². The molecular formula is C14H20FN3O2. The number of piperidine rings is 1. The van der Waals surface area contributed by atoms with Gasteiger partial charge in [0.05, 0.1) is 11.0 Å². The molecule has 110 valence electrons. The topological polar surface area (TPSA) is 58.4 Å². The molecule has 1 aliphatic heterocycles. The zero-order valence-electron chi connectivity index (χ0n) is 12.0. The van der Waals surface area contributed by atoms with Gasteiger partial charge >= 0.3 is 0 Å². The normalized spacial score (nSPS) is 23.6. The second-order valence-electron chi connectivity index (χ2n) is 5.65. The van der Waals surface area contributed by atoms with Crippen molar-refractivity contribution in [2.75, 3.05) is 25.5 Å². The van der Waals surface area contributed by atoms with Crippen LogP contribution in [0.25, 0.3) is 0 Å². The highest BCUT2D eigenvalue weighted by Crippen LogP contribution is 2.30. The molecule has 0 radical (unpaired) electrons. The van der Waals surface area contributed by atoms with Crippen molar-refractivity contribution in [2.45, 2.75) is 26.3 Å². The Morgan fingerprint density at radius 3 is 2.80 bits per heavy atom. The van der Waals surface area contributed by atoms with Gasteiger partial charge in [-0.25, -0.2) is 4.39 Å². The number of hydrogen-bond acceptors (Lipinski definition) is 4. The first kappa shape index (κ1) is 14.7. The SMILES string of the molecule is Cc1cc(NC2CCN(C)CC2C)c([N+](=O)[O-])cc1F. The quantitative estimate of drug-likeness (QED) is 0.683. The van der Waals surface area contributed by atoms with Crippen LogP contribution in [0.3, 0.4) is 0 Å². The van der Waals surface area contributed by atoms with Crippen molar-refractivity contribution in [3.05, 3.63) is 33.6 Å². The van der Waals surface area contributed by atoms with Gasteiger partial charge in [-0.05, 0) is 44.5 Å². The number of nitrogens with zero attached hydrogens (tertiary/aromatic N) is 2. The van der Waals surface area contributed by atoms with Gasteiger partial charge in [0, 0.05) is 12.6 Å². The Morgan fingerprint density at radius 2 is 2.20 bits per heavy atom. The molecule has 1 fully saturated rings. The number of likely N-dealkylation sites (tertiary alicyclic amines) is 1. The van der Waals surface area contributed by atoms with Crippen LogP contribution in [0, 0.1) is 28.8 Å². The van der Waals surface area contributed by atoms with Crippen LogP contribution in [-0.2, 0) is 0 Å². The van der Waals surface area contributed by atoms with Crippen molar-refractivity contribution in [3.63, 3.8) is 0 Å². The number of nitrogens with one attached hydrogen (secondary N) is 1. The smallest absolute Gasteiger partial charge is 0.295 e. The summed E-state index contributed by atoms with van der Waals surface area (Å²) < 4.78 is 13.5. The van der Waals surface area contributed by atoms with Crippen LogP contribution in [0.4, 0.5) is 15.8 Å². The van der Waals surface area contributed by atoms with Crippen LogP contribution >= 0.6 is 0 Å². The van der Waals surface area contributed by atoms with Crippen molar-refractivity contribution in [1.29, 1.82) is 0 Å². The highest BCUT2D eigenvalue weighted by atomic mass is 19.1. The van der Waals surface area contributed by atoms with Gasteiger partial charge in [0.2, 0.25) is 0 Å². The van der Waals surface area contributed by atoms with E-state index in [1.54, 1.807) is 6.92 Å². The van der Waals surface area contributed by atoms with E-state index >= 15 is 0 Å². The van der Waals surface area contributed by atoms with Gasteiger partial charge in [-0.15, -0.1) is 0 Å². The van der Waals surface area contributed by atoms with Gasteiger partial charge in [-0.1, -0.05) is 6.92 Å². The fourth-order valence-corrected chi connectivity index (χ4v) is 2.71. The first-order valence-corrected chi connectivity index (χ1v) is 6.78. The number of anilines is 1. The minimum absolute atomic E-state index is 0.176. The largest absolute Gasteiger partial charge is 0.376 e. The highest BCUT2D eigenvalue weighted by Gasteiger charge is 2.26. The molecule has 0 amide bonds. The summed E-state index contributed by atoms with van der Waals surface area (Å²) in [5, 5.41) is 14.3. The number of hydrogen-bond donors (Lipinski definition) is 1. The van der Waals surface area contributed by atoms with Crippen molar-refractivity contribution in [3.8, 4) is 0 Å². The number of halogens is 1. The Balaban J connectivity index is 2.24. The van der Waals surface area contributed by atoms with E-state index in [0.717, 1.165) is 25.6 Å². The summed E-state index contributed by atoms with van der Waals surface area (Å²) >= 11 is 0. The average Bonchev–Trinajstić information content (AvgIpc) is 2.36. The number of nitro benzene ring substituents is 1. The molecule has 1 aromatic carbocycles. The first-order valence-electron chi connectivity index (χ1n) is 6.78. The van der Waals surface area contributed by atoms with Crippen LogP contribution in [-0.4, -0.2) is 36.0 Å². The lowest BCUT2D eigenvalue weighted by atomic mass is 9.94. The molecule has 1 saturated heterocycles. The minimum atomic E-state index is -0.543. The first-order chi connectivity index (χ1) is 9.38. The van der Waals surface area contributed by atoms with Gasteiger partial charge in [0.1, 0.15) is 11.5 Å². The molecule has 1 aliphatic rings. The van der Waals surface area contributed by atoms with E-state index in [0.29, 0.717) is 17.2 Å². The van der Waals surface area contributed by atoms with Crippen LogP contribution in [0.2, 0.25) is 0 Å². The lowest BCUT2D eigenvalue weighted by Crippen LogP contribution is -2.43. The maximum Gasteiger partial charge on any atom is 0.295 e. The predicted molar refractivity (Wildman–Crippen MR) is 76.5 cm³/mol. The van der Waals surface area contributed by atoms with Crippen molar-refractivity contribution in [1.82, 2.24) is 4.90 Å². The summed E-state index contributed by atoms with van der Waals surface area (Å²) in [5.74, 6) is -0.155. The van der Waals surface area contributed by atoms with E-state index < -0.39 is 10.7 Å². The molecule has 6 heteroatoms. The van der Waals surface area contributed by atoms with Crippen LogP contribution in [0.15, 0.2) is 12.1 Å². The summed E-state index contributed by atoms with van der Waals surface area (Å²) in [6, 6.07) is 2.70. The molecule has 0 bridgehead atoms. The zero-order valence-corrected chi connectivity index (χ0v) is 12.0. The minimum Gasteiger partial charge on any atom is -0.376 e. The number of benzene rings is 1. The predicted octanol–water partition coefficient (Wildman–Crippen LogP) is 2.79. The summed E-state index contributed by atoms with van der Waals surface area (Å²) in [5.41, 5.74) is 0.633. The highest BCUT2D eigenvalue weighted by molar-refractivity contribution is 5.63. The summed E-state index contributed by atoms with van der Waals surface area (Å²) in [4.78, 5) is 12.8. The Bertz CT molecular complexity index is 521. The lowest BCUT2D eigenvalue weighted by molar-refractivity contribution is -0.384. The molecule has 0 spiro atoms. The average molecular weight is 281 g/mol. The Labute approximate surface area is 117 Å². The lowest BCUT2D eigenvalue weighted by Gasteiger charge is -2.35. The van der Waals surface area contributed by atoms with E-state index in [4.69, 9.17) is 0 Å². The molecule has 1 aromatic rings. The van der Waals surface area contributed by atoms with E-state index in [1.807, 2.05) is 0 Å². The van der Waals surface area contributed by atoms with Gasteiger partial charge in [0.15, 0.2) is 0 Å². The van der Waals surface area contributed by atoms with Crippen molar-refractivity contribution in [2.24, 2.45) is 5.92 Å². The molecule has 2 atom stereocenters. The monoisotopic (exact) mass is 281 g/mol. The van der Waals surface area contributed by atoms with E-state index in [-0.39, 0.29) is 11.7 Å². The second-order valence-corrected chi connectivity index (χ2v) is 5.65. The molecule has 1 N–H and O–H groups in total. The summed E-state index contributed by atoms with van der Waals surface area (Å²) in [7, 11) is 2.07. The van der Waals surface area contributed by atoms with Gasteiger partial charge < -0.3 is 10.2 Å². The standard InChI is InChI=1S/C14H20FN3O2/c1-9-6-13(14(18(19)20)7-11(9)15)16-12-4-5-17(3)8-10(12)2/h6-7,10,12,16H,4-5,8H2,1-3H3. The molecular weight excluding hydrogens is 261 g/mol. The second kappa shape index (κ2) is 5.75. The van der Waals surface area contributed by atoms with E-state index in [2.05, 4.69) is 24.2 Å². The van der Waals surface area contributed by atoms with Crippen molar-refractivity contribution < 1.29 is 9.31 Å². The molecule has 5 nitrogen and oxygen atoms in total. The Kier molecular flexibility index (Phi) is 4.23. The fourth-order valence-electron chi connectivity index (χ4n) is 2.71. The van der Waals surface area contributed by atoms with E-state index in [1.165, 1.54) is 6.07 Å². The third kappa shape index (κ3) is 3.07. The number of aryl methyl sites for hydroxylation is 1. The number of nitro groups is 1. The van der Waals surface area contributed by atoms with E-state index in [9.17, 15) is 14.5 Å². The van der Waals surface area contributed by atoms with Crippen LogP contribution < -0.4 is 5.32 Å². The third-order valence-corrected chi connectivity index (χ3v) is 3.92. The van der Waals surface area contributed by atoms with Crippen LogP contribution in [0.1, 0.15) is 18.9 Å². The molecule has 2 rings (SSSR count). The maximum atomic E-state index is 13.5.